The summed E-state index contributed by atoms with van der Waals surface area (Å²) in [7, 11) is -2.10. The number of carbonyl (C=O) groups excluding carboxylic acids is 1. The van der Waals surface area contributed by atoms with Gasteiger partial charge >= 0.3 is 0 Å². The second-order valence-corrected chi connectivity index (χ2v) is 10.6. The van der Waals surface area contributed by atoms with Crippen molar-refractivity contribution in [1.29, 1.82) is 0 Å². The van der Waals surface area contributed by atoms with Crippen LogP contribution in [-0.4, -0.2) is 44.4 Å². The Morgan fingerprint density at radius 3 is 2.42 bits per heavy atom. The number of methoxy groups -OCH3 is 1. The van der Waals surface area contributed by atoms with E-state index in [1.54, 1.807) is 62.6 Å². The van der Waals surface area contributed by atoms with Crippen molar-refractivity contribution in [2.45, 2.75) is 18.6 Å². The van der Waals surface area contributed by atoms with Gasteiger partial charge in [-0.3, -0.25) is 14.8 Å². The summed E-state index contributed by atoms with van der Waals surface area (Å²) in [4.78, 5) is 13.5. The zero-order valence-corrected chi connectivity index (χ0v) is 21.5. The number of phenolic OH excluding ortho intramolecular Hbond substituents is 1. The van der Waals surface area contributed by atoms with Gasteiger partial charge in [0.05, 0.1) is 25.2 Å². The van der Waals surface area contributed by atoms with E-state index >= 15 is 0 Å². The van der Waals surface area contributed by atoms with Gasteiger partial charge in [-0.05, 0) is 60.5 Å². The van der Waals surface area contributed by atoms with Crippen molar-refractivity contribution in [2.24, 2.45) is 0 Å². The predicted molar refractivity (Wildman–Crippen MR) is 140 cm³/mol. The molecular weight excluding hydrogens is 506 g/mol. The van der Waals surface area contributed by atoms with E-state index in [2.05, 4.69) is 15.4 Å². The molecule has 0 aliphatic rings. The second-order valence-electron chi connectivity index (χ2n) is 8.37. The summed E-state index contributed by atoms with van der Waals surface area (Å²) in [6, 6.07) is 17.7. The summed E-state index contributed by atoms with van der Waals surface area (Å²) in [6.45, 7) is 1.60. The van der Waals surface area contributed by atoms with E-state index in [0.717, 1.165) is 6.26 Å². The van der Waals surface area contributed by atoms with Gasteiger partial charge in [-0.2, -0.15) is 0 Å². The maximum atomic E-state index is 13.5. The molecule has 3 aromatic rings. The number of aliphatic hydroxyl groups is 1. The molecule has 0 fully saturated rings. The Labute approximate surface area is 215 Å². The molecule has 0 bridgehead atoms. The zero-order chi connectivity index (χ0) is 26.5. The summed E-state index contributed by atoms with van der Waals surface area (Å²) in [6.07, 6.45) is -0.183. The zero-order valence-electron chi connectivity index (χ0n) is 19.9. The lowest BCUT2D eigenvalue weighted by atomic mass is 9.90. The summed E-state index contributed by atoms with van der Waals surface area (Å²) in [5, 5.41) is 27.3. The quantitative estimate of drug-likeness (QED) is 0.251. The van der Waals surface area contributed by atoms with Gasteiger partial charge in [0.15, 0.2) is 0 Å². The lowest BCUT2D eigenvalue weighted by molar-refractivity contribution is -0.122. The number of anilines is 2. The number of aliphatic hydroxyl groups excluding tert-OH is 1. The van der Waals surface area contributed by atoms with Gasteiger partial charge < -0.3 is 20.3 Å². The van der Waals surface area contributed by atoms with Crippen LogP contribution in [0.15, 0.2) is 66.7 Å². The molecule has 0 spiro atoms. The molecule has 0 aromatic heterocycles. The minimum absolute atomic E-state index is 0.0642. The molecule has 9 nitrogen and oxygen atoms in total. The molecule has 1 amide bonds. The average Bonchev–Trinajstić information content (AvgIpc) is 2.83. The number of hydrogen-bond acceptors (Lipinski definition) is 7. The molecule has 0 saturated heterocycles. The van der Waals surface area contributed by atoms with E-state index in [4.69, 9.17) is 16.3 Å². The molecule has 0 aliphatic carbocycles. The highest BCUT2D eigenvalue weighted by Crippen LogP contribution is 2.30. The monoisotopic (exact) mass is 533 g/mol. The molecule has 36 heavy (non-hydrogen) atoms. The Bertz CT molecular complexity index is 1330. The van der Waals surface area contributed by atoms with Gasteiger partial charge in [0.25, 0.3) is 0 Å². The minimum atomic E-state index is -3.64. The average molecular weight is 534 g/mol. The molecule has 0 saturated carbocycles. The van der Waals surface area contributed by atoms with Gasteiger partial charge in [-0.15, -0.1) is 0 Å². The maximum Gasteiger partial charge on any atom is 0.249 e. The predicted octanol–water partition coefficient (Wildman–Crippen LogP) is 3.60. The first-order chi connectivity index (χ1) is 16.9. The van der Waals surface area contributed by atoms with Crippen LogP contribution in [0.5, 0.6) is 11.5 Å². The third-order valence-corrected chi connectivity index (χ3v) is 6.38. The molecule has 0 unspecified atom stereocenters. The minimum Gasteiger partial charge on any atom is -0.506 e. The van der Waals surface area contributed by atoms with Crippen LogP contribution in [0.4, 0.5) is 11.4 Å². The third-order valence-electron chi connectivity index (χ3n) is 5.55. The van der Waals surface area contributed by atoms with Crippen molar-refractivity contribution in [3.05, 3.63) is 82.9 Å². The second kappa shape index (κ2) is 11.2. The standard InChI is InChI=1S/C25H28ClN3O6S/c1-25(17-8-10-20(35-2)11-9-17,24(32)28-19-6-4-5-18(26)14-19)27-15-23(31)16-7-12-22(30)21(13-16)29-36(3,33)34/h4-14,23,27,29-31H,15H2,1-3H3,(H,28,32)/t23-,25-/m0/s1. The van der Waals surface area contributed by atoms with E-state index in [0.29, 0.717) is 27.6 Å². The smallest absolute Gasteiger partial charge is 0.249 e. The highest BCUT2D eigenvalue weighted by molar-refractivity contribution is 7.92. The number of carbonyl (C=O) groups is 1. The molecule has 0 radical (unpaired) electrons. The van der Waals surface area contributed by atoms with Gasteiger partial charge in [0.1, 0.15) is 17.0 Å². The highest BCUT2D eigenvalue weighted by Gasteiger charge is 2.35. The largest absolute Gasteiger partial charge is 0.506 e. The molecule has 11 heteroatoms. The number of hydrogen-bond donors (Lipinski definition) is 5. The third kappa shape index (κ3) is 6.88. The van der Waals surface area contributed by atoms with E-state index in [9.17, 15) is 23.4 Å². The van der Waals surface area contributed by atoms with Crippen molar-refractivity contribution < 1.29 is 28.2 Å². The Balaban J connectivity index is 1.87. The molecule has 3 rings (SSSR count). The Hall–Kier alpha value is -3.31. The van der Waals surface area contributed by atoms with Crippen molar-refractivity contribution >= 4 is 38.9 Å². The lowest BCUT2D eigenvalue weighted by Crippen LogP contribution is -2.50. The molecule has 0 aliphatic heterocycles. The lowest BCUT2D eigenvalue weighted by Gasteiger charge is -2.31. The van der Waals surface area contributed by atoms with Crippen LogP contribution in [-0.2, 0) is 20.4 Å². The van der Waals surface area contributed by atoms with Crippen LogP contribution in [0.25, 0.3) is 0 Å². The van der Waals surface area contributed by atoms with Gasteiger partial charge in [0.2, 0.25) is 15.9 Å². The number of aromatic hydroxyl groups is 1. The SMILES string of the molecule is COc1ccc([C@](C)(NC[C@H](O)c2ccc(O)c(NS(C)(=O)=O)c2)C(=O)Nc2cccc(Cl)c2)cc1. The summed E-state index contributed by atoms with van der Waals surface area (Å²) < 4.78 is 30.6. The number of rotatable bonds is 10. The van der Waals surface area contributed by atoms with E-state index in [-0.39, 0.29) is 18.0 Å². The number of nitrogens with one attached hydrogen (secondary N) is 3. The number of halogens is 1. The van der Waals surface area contributed by atoms with Crippen LogP contribution in [0.3, 0.4) is 0 Å². The van der Waals surface area contributed by atoms with Crippen molar-refractivity contribution in [3.63, 3.8) is 0 Å². The fraction of sp³-hybridized carbons (Fsp3) is 0.240. The van der Waals surface area contributed by atoms with Crippen molar-refractivity contribution in [3.8, 4) is 11.5 Å². The number of phenols is 1. The van der Waals surface area contributed by atoms with Gasteiger partial charge in [-0.1, -0.05) is 35.9 Å². The fourth-order valence-corrected chi connectivity index (χ4v) is 4.27. The summed E-state index contributed by atoms with van der Waals surface area (Å²) in [5.41, 5.74) is 0.0922. The van der Waals surface area contributed by atoms with E-state index in [1.807, 2.05) is 0 Å². The van der Waals surface area contributed by atoms with Gasteiger partial charge in [0, 0.05) is 17.3 Å². The number of sulfonamides is 1. The molecule has 3 aromatic carbocycles. The normalized spacial score (nSPS) is 13.9. The first kappa shape index (κ1) is 27.3. The van der Waals surface area contributed by atoms with Crippen LogP contribution in [0.2, 0.25) is 5.02 Å². The Kier molecular flexibility index (Phi) is 8.47. The van der Waals surface area contributed by atoms with Crippen molar-refractivity contribution in [1.82, 2.24) is 5.32 Å². The summed E-state index contributed by atoms with van der Waals surface area (Å²) in [5.74, 6) is -0.0630. The molecular formula is C25H28ClN3O6S. The number of benzene rings is 3. The summed E-state index contributed by atoms with van der Waals surface area (Å²) >= 11 is 6.05. The molecule has 0 heterocycles. The van der Waals surface area contributed by atoms with E-state index < -0.39 is 27.6 Å². The number of ether oxygens (including phenoxy) is 1. The topological polar surface area (TPSA) is 137 Å². The van der Waals surface area contributed by atoms with Crippen LogP contribution < -0.4 is 20.1 Å². The van der Waals surface area contributed by atoms with Crippen LogP contribution in [0.1, 0.15) is 24.2 Å². The fourth-order valence-electron chi connectivity index (χ4n) is 3.52. The molecule has 5 N–H and O–H groups in total. The first-order valence-electron chi connectivity index (χ1n) is 10.9. The highest BCUT2D eigenvalue weighted by atomic mass is 35.5. The van der Waals surface area contributed by atoms with Crippen LogP contribution >= 0.6 is 11.6 Å². The van der Waals surface area contributed by atoms with Gasteiger partial charge in [-0.25, -0.2) is 8.42 Å². The molecule has 2 atom stereocenters. The Morgan fingerprint density at radius 1 is 1.11 bits per heavy atom. The first-order valence-corrected chi connectivity index (χ1v) is 13.1. The van der Waals surface area contributed by atoms with E-state index in [1.165, 1.54) is 18.2 Å². The van der Waals surface area contributed by atoms with Crippen LogP contribution in [0, 0.1) is 0 Å². The number of amides is 1. The maximum absolute atomic E-state index is 13.5. The van der Waals surface area contributed by atoms with Crippen molar-refractivity contribution in [2.75, 3.05) is 29.9 Å². The Morgan fingerprint density at radius 2 is 1.81 bits per heavy atom. The molecule has 192 valence electrons.